The number of aromatic nitrogens is 2. The van der Waals surface area contributed by atoms with Crippen LogP contribution < -0.4 is 10.9 Å². The molecule has 0 atom stereocenters. The summed E-state index contributed by atoms with van der Waals surface area (Å²) in [5.74, 6) is -4.22. The highest BCUT2D eigenvalue weighted by atomic mass is 32.2. The maximum Gasteiger partial charge on any atom is 0.341 e. The van der Waals surface area contributed by atoms with Crippen LogP contribution in [0.4, 0.5) is 14.5 Å². The lowest BCUT2D eigenvalue weighted by molar-refractivity contribution is 0.102. The third-order valence-electron chi connectivity index (χ3n) is 4.47. The molecule has 1 aromatic heterocycles. The van der Waals surface area contributed by atoms with E-state index in [2.05, 4.69) is 5.32 Å². The minimum atomic E-state index is -4.75. The van der Waals surface area contributed by atoms with Gasteiger partial charge < -0.3 is 5.32 Å². The molecule has 2 aromatic carbocycles. The number of anilines is 1. The molecule has 1 N–H and O–H groups in total. The van der Waals surface area contributed by atoms with Crippen molar-refractivity contribution in [3.63, 3.8) is 0 Å². The van der Waals surface area contributed by atoms with E-state index in [1.54, 1.807) is 42.9 Å². The van der Waals surface area contributed by atoms with Crippen molar-refractivity contribution in [3.05, 3.63) is 76.2 Å². The number of hydrogen-bond donors (Lipinski definition) is 1. The summed E-state index contributed by atoms with van der Waals surface area (Å²) in [6, 6.07) is 12.9. The highest BCUT2D eigenvalue weighted by molar-refractivity contribution is 7.91. The molecular weight excluding hydrogens is 404 g/mol. The fourth-order valence-corrected chi connectivity index (χ4v) is 3.52. The zero-order chi connectivity index (χ0) is 21.3. The van der Waals surface area contributed by atoms with E-state index in [1.165, 1.54) is 4.68 Å². The second kappa shape index (κ2) is 7.63. The van der Waals surface area contributed by atoms with Crippen molar-refractivity contribution in [3.8, 4) is 5.69 Å². The van der Waals surface area contributed by atoms with Crippen molar-refractivity contribution in [2.24, 2.45) is 7.05 Å². The molecule has 0 saturated heterocycles. The molecule has 0 aliphatic rings. The molecule has 3 aromatic rings. The predicted octanol–water partition coefficient (Wildman–Crippen LogP) is 2.73. The van der Waals surface area contributed by atoms with Gasteiger partial charge in [0.1, 0.15) is 5.69 Å². The third-order valence-corrected chi connectivity index (χ3v) is 5.87. The van der Waals surface area contributed by atoms with Crippen molar-refractivity contribution >= 4 is 21.4 Å². The molecule has 0 bridgehead atoms. The van der Waals surface area contributed by atoms with Crippen LogP contribution in [0.25, 0.3) is 5.69 Å². The molecule has 29 heavy (non-hydrogen) atoms. The van der Waals surface area contributed by atoms with Crippen molar-refractivity contribution in [1.82, 2.24) is 9.36 Å². The Labute approximate surface area is 165 Å². The molecule has 0 fully saturated rings. The van der Waals surface area contributed by atoms with Gasteiger partial charge in [0.2, 0.25) is 9.84 Å². The summed E-state index contributed by atoms with van der Waals surface area (Å²) in [5.41, 5.74) is 0.758. The second-order valence-electron chi connectivity index (χ2n) is 6.22. The number of halogens is 2. The molecule has 152 valence electrons. The van der Waals surface area contributed by atoms with Crippen LogP contribution in [0.3, 0.4) is 0 Å². The Bertz CT molecular complexity index is 1210. The summed E-state index contributed by atoms with van der Waals surface area (Å²) in [7, 11) is -3.08. The van der Waals surface area contributed by atoms with Gasteiger partial charge in [-0.25, -0.2) is 13.1 Å². The summed E-state index contributed by atoms with van der Waals surface area (Å²) < 4.78 is 51.1. The lowest BCUT2D eigenvalue weighted by Gasteiger charge is -2.07. The standard InChI is InChI=1S/C19H17F2N3O4S/c1-12-16(18(26)24(23(12)2)14-6-4-3-5-7-14)22-17(25)13-8-10-15(11-9-13)29(27,28)19(20)21/h3-11,19H,1-2H3,(H,22,25). The minimum Gasteiger partial charge on any atom is -0.316 e. The Balaban J connectivity index is 1.92. The number of hydrogen-bond acceptors (Lipinski definition) is 4. The van der Waals surface area contributed by atoms with Gasteiger partial charge in [-0.2, -0.15) is 8.78 Å². The summed E-state index contributed by atoms with van der Waals surface area (Å²) in [6.07, 6.45) is 0. The lowest BCUT2D eigenvalue weighted by Crippen LogP contribution is -2.23. The zero-order valence-corrected chi connectivity index (χ0v) is 16.3. The average molecular weight is 421 g/mol. The van der Waals surface area contributed by atoms with E-state index in [9.17, 15) is 26.8 Å². The van der Waals surface area contributed by atoms with Crippen LogP contribution in [0.15, 0.2) is 64.3 Å². The number of para-hydroxylation sites is 1. The summed E-state index contributed by atoms with van der Waals surface area (Å²) in [6.45, 7) is 1.66. The number of rotatable bonds is 5. The van der Waals surface area contributed by atoms with Crippen LogP contribution in [-0.4, -0.2) is 29.4 Å². The largest absolute Gasteiger partial charge is 0.341 e. The van der Waals surface area contributed by atoms with Crippen LogP contribution in [0.2, 0.25) is 0 Å². The molecule has 0 aliphatic heterocycles. The van der Waals surface area contributed by atoms with E-state index in [0.29, 0.717) is 11.4 Å². The summed E-state index contributed by atoms with van der Waals surface area (Å²) >= 11 is 0. The first-order chi connectivity index (χ1) is 13.6. The molecule has 1 heterocycles. The molecule has 7 nitrogen and oxygen atoms in total. The maximum absolute atomic E-state index is 12.8. The van der Waals surface area contributed by atoms with E-state index in [4.69, 9.17) is 0 Å². The monoisotopic (exact) mass is 421 g/mol. The van der Waals surface area contributed by atoms with Crippen LogP contribution >= 0.6 is 0 Å². The number of amides is 1. The van der Waals surface area contributed by atoms with Crippen molar-refractivity contribution in [2.75, 3.05) is 5.32 Å². The first-order valence-corrected chi connectivity index (χ1v) is 9.96. The Morgan fingerprint density at radius 3 is 2.17 bits per heavy atom. The third kappa shape index (κ3) is 3.70. The quantitative estimate of drug-likeness (QED) is 0.686. The van der Waals surface area contributed by atoms with Gasteiger partial charge in [-0.3, -0.25) is 14.3 Å². The van der Waals surface area contributed by atoms with Crippen molar-refractivity contribution in [1.29, 1.82) is 0 Å². The molecule has 0 unspecified atom stereocenters. The van der Waals surface area contributed by atoms with Gasteiger partial charge in [0.15, 0.2) is 0 Å². The van der Waals surface area contributed by atoms with Gasteiger partial charge in [0.25, 0.3) is 11.5 Å². The molecule has 10 heteroatoms. The highest BCUT2D eigenvalue weighted by Gasteiger charge is 2.26. The lowest BCUT2D eigenvalue weighted by atomic mass is 10.2. The SMILES string of the molecule is Cc1c(NC(=O)c2ccc(S(=O)(=O)C(F)F)cc2)c(=O)n(-c2ccccc2)n1C. The molecule has 0 radical (unpaired) electrons. The fourth-order valence-electron chi connectivity index (χ4n) is 2.80. The number of sulfone groups is 1. The maximum atomic E-state index is 12.8. The Morgan fingerprint density at radius 1 is 1.03 bits per heavy atom. The van der Waals surface area contributed by atoms with Gasteiger partial charge in [-0.15, -0.1) is 0 Å². The topological polar surface area (TPSA) is 90.2 Å². The van der Waals surface area contributed by atoms with Crippen molar-refractivity contribution < 1.29 is 22.0 Å². The number of alkyl halides is 2. The van der Waals surface area contributed by atoms with Gasteiger partial charge in [-0.05, 0) is 43.3 Å². The van der Waals surface area contributed by atoms with E-state index in [1.807, 2.05) is 6.07 Å². The molecule has 3 rings (SSSR count). The van der Waals surface area contributed by atoms with Gasteiger partial charge in [0.05, 0.1) is 16.3 Å². The van der Waals surface area contributed by atoms with E-state index >= 15 is 0 Å². The van der Waals surface area contributed by atoms with Crippen LogP contribution in [0.1, 0.15) is 16.1 Å². The second-order valence-corrected chi connectivity index (χ2v) is 8.14. The van der Waals surface area contributed by atoms with E-state index in [0.717, 1.165) is 24.3 Å². The Morgan fingerprint density at radius 2 is 1.62 bits per heavy atom. The number of nitrogens with one attached hydrogen (secondary N) is 1. The highest BCUT2D eigenvalue weighted by Crippen LogP contribution is 2.20. The number of benzene rings is 2. The number of nitrogens with zero attached hydrogens (tertiary/aromatic N) is 2. The first kappa shape index (κ1) is 20.5. The van der Waals surface area contributed by atoms with Gasteiger partial charge in [-0.1, -0.05) is 18.2 Å². The van der Waals surface area contributed by atoms with Gasteiger partial charge >= 0.3 is 5.76 Å². The van der Waals surface area contributed by atoms with E-state index < -0.39 is 32.0 Å². The number of carbonyl (C=O) groups excluding carboxylic acids is 1. The summed E-state index contributed by atoms with van der Waals surface area (Å²) in [5, 5.41) is 2.52. The Hall–Kier alpha value is -3.27. The minimum absolute atomic E-state index is 0.0205. The number of carbonyl (C=O) groups is 1. The average Bonchev–Trinajstić information content (AvgIpc) is 2.91. The zero-order valence-electron chi connectivity index (χ0n) is 15.5. The molecule has 1 amide bonds. The predicted molar refractivity (Wildman–Crippen MR) is 103 cm³/mol. The van der Waals surface area contributed by atoms with Crippen LogP contribution in [0.5, 0.6) is 0 Å². The van der Waals surface area contributed by atoms with Gasteiger partial charge in [0, 0.05) is 12.6 Å². The molecule has 0 aliphatic carbocycles. The fraction of sp³-hybridized carbons (Fsp3) is 0.158. The van der Waals surface area contributed by atoms with Crippen molar-refractivity contribution in [2.45, 2.75) is 17.6 Å². The van der Waals surface area contributed by atoms with E-state index in [-0.39, 0.29) is 11.3 Å². The summed E-state index contributed by atoms with van der Waals surface area (Å²) in [4.78, 5) is 24.7. The molecule has 0 saturated carbocycles. The van der Waals surface area contributed by atoms with Crippen LogP contribution in [-0.2, 0) is 16.9 Å². The first-order valence-electron chi connectivity index (χ1n) is 8.42. The Kier molecular flexibility index (Phi) is 5.38. The smallest absolute Gasteiger partial charge is 0.316 e. The van der Waals surface area contributed by atoms with Crippen LogP contribution in [0, 0.1) is 6.92 Å². The molecule has 0 spiro atoms. The normalized spacial score (nSPS) is 11.6. The molecular formula is C19H17F2N3O4S.